The van der Waals surface area contributed by atoms with Crippen LogP contribution in [0.4, 0.5) is 4.39 Å². The van der Waals surface area contributed by atoms with Gasteiger partial charge in [0.2, 0.25) is 0 Å². The molecule has 0 fully saturated rings. The van der Waals surface area contributed by atoms with Gasteiger partial charge in [-0.05, 0) is 38.4 Å². The minimum absolute atomic E-state index is 0.00147. The van der Waals surface area contributed by atoms with Crippen LogP contribution in [0, 0.1) is 5.82 Å². The van der Waals surface area contributed by atoms with E-state index in [1.807, 2.05) is 19.0 Å². The number of carbonyl (C=O) groups excluding carboxylic acids is 1. The molecule has 0 spiro atoms. The fourth-order valence-corrected chi connectivity index (χ4v) is 2.87. The summed E-state index contributed by atoms with van der Waals surface area (Å²) in [5, 5.41) is 17.9. The fourth-order valence-electron chi connectivity index (χ4n) is 2.87. The average Bonchev–Trinajstić information content (AvgIpc) is 3.09. The van der Waals surface area contributed by atoms with Crippen molar-refractivity contribution in [3.63, 3.8) is 0 Å². The first kappa shape index (κ1) is 18.9. The van der Waals surface area contributed by atoms with E-state index < -0.39 is 11.6 Å². The molecule has 0 amide bonds. The van der Waals surface area contributed by atoms with Gasteiger partial charge in [-0.15, -0.1) is 10.2 Å². The number of aliphatic hydroxyl groups excluding tert-OH is 1. The van der Waals surface area contributed by atoms with Gasteiger partial charge in [0.1, 0.15) is 18.2 Å². The molecule has 0 saturated carbocycles. The number of rotatable bonds is 7. The maximum atomic E-state index is 14.1. The third kappa shape index (κ3) is 3.94. The van der Waals surface area contributed by atoms with E-state index in [1.54, 1.807) is 41.0 Å². The number of carbonyl (C=O) groups is 1. The van der Waals surface area contributed by atoms with Crippen molar-refractivity contribution >= 4 is 5.78 Å². The molecular formula is C20H21FN4O2. The summed E-state index contributed by atoms with van der Waals surface area (Å²) in [7, 11) is 3.90. The van der Waals surface area contributed by atoms with Crippen LogP contribution in [0.1, 0.15) is 27.6 Å². The molecule has 0 saturated heterocycles. The lowest BCUT2D eigenvalue weighted by atomic mass is 10.0. The van der Waals surface area contributed by atoms with Crippen LogP contribution in [0.25, 0.3) is 5.69 Å². The summed E-state index contributed by atoms with van der Waals surface area (Å²) in [6, 6.07) is 12.8. The molecule has 1 N–H and O–H groups in total. The minimum Gasteiger partial charge on any atom is -0.388 e. The Bertz CT molecular complexity index is 953. The summed E-state index contributed by atoms with van der Waals surface area (Å²) in [4.78, 5) is 15.0. The maximum Gasteiger partial charge on any atom is 0.198 e. The summed E-state index contributed by atoms with van der Waals surface area (Å²) in [6.07, 6.45) is 0.586. The lowest BCUT2D eigenvalue weighted by Gasteiger charge is -2.15. The molecule has 0 atom stereocenters. The molecule has 0 aliphatic rings. The van der Waals surface area contributed by atoms with Gasteiger partial charge in [0, 0.05) is 18.5 Å². The maximum absolute atomic E-state index is 14.1. The Balaban J connectivity index is 2.11. The van der Waals surface area contributed by atoms with Crippen molar-refractivity contribution in [2.75, 3.05) is 20.6 Å². The van der Waals surface area contributed by atoms with Gasteiger partial charge in [-0.1, -0.05) is 24.3 Å². The van der Waals surface area contributed by atoms with E-state index in [9.17, 15) is 14.3 Å². The number of aromatic nitrogens is 3. The minimum atomic E-state index is -0.573. The molecule has 6 nitrogen and oxygen atoms in total. The Kier molecular flexibility index (Phi) is 5.73. The van der Waals surface area contributed by atoms with Gasteiger partial charge in [0.15, 0.2) is 11.6 Å². The summed E-state index contributed by atoms with van der Waals surface area (Å²) >= 11 is 0. The highest BCUT2D eigenvalue weighted by molar-refractivity contribution is 6.11. The van der Waals surface area contributed by atoms with Crippen molar-refractivity contribution in [3.05, 3.63) is 77.1 Å². The van der Waals surface area contributed by atoms with Crippen LogP contribution in [-0.2, 0) is 13.0 Å². The quantitative estimate of drug-likeness (QED) is 0.648. The smallest absolute Gasteiger partial charge is 0.198 e. The van der Waals surface area contributed by atoms with Crippen molar-refractivity contribution in [3.8, 4) is 5.69 Å². The van der Waals surface area contributed by atoms with Crippen LogP contribution in [0.5, 0.6) is 0 Å². The lowest BCUT2D eigenvalue weighted by Crippen LogP contribution is -2.18. The number of hydrogen-bond donors (Lipinski definition) is 1. The van der Waals surface area contributed by atoms with E-state index in [4.69, 9.17) is 0 Å². The van der Waals surface area contributed by atoms with Gasteiger partial charge in [0.05, 0.1) is 11.3 Å². The van der Waals surface area contributed by atoms with Crippen molar-refractivity contribution in [1.29, 1.82) is 0 Å². The molecule has 2 aromatic carbocycles. The predicted molar refractivity (Wildman–Crippen MR) is 99.4 cm³/mol. The summed E-state index contributed by atoms with van der Waals surface area (Å²) < 4.78 is 15.8. The number of ketones is 1. The molecule has 0 bridgehead atoms. The zero-order valence-electron chi connectivity index (χ0n) is 15.3. The highest BCUT2D eigenvalue weighted by atomic mass is 19.1. The summed E-state index contributed by atoms with van der Waals surface area (Å²) in [5.41, 5.74) is 0.843. The van der Waals surface area contributed by atoms with Crippen LogP contribution < -0.4 is 0 Å². The van der Waals surface area contributed by atoms with E-state index in [0.29, 0.717) is 29.3 Å². The molecule has 0 radical (unpaired) electrons. The molecule has 1 heterocycles. The normalized spacial score (nSPS) is 11.1. The number of aliphatic hydroxyl groups is 1. The largest absolute Gasteiger partial charge is 0.388 e. The van der Waals surface area contributed by atoms with E-state index in [2.05, 4.69) is 10.2 Å². The van der Waals surface area contributed by atoms with Crippen molar-refractivity contribution in [2.24, 2.45) is 0 Å². The molecule has 140 valence electrons. The Morgan fingerprint density at radius 1 is 1.04 bits per heavy atom. The third-order valence-electron chi connectivity index (χ3n) is 4.23. The van der Waals surface area contributed by atoms with E-state index >= 15 is 0 Å². The van der Waals surface area contributed by atoms with Crippen molar-refractivity contribution in [1.82, 2.24) is 19.7 Å². The van der Waals surface area contributed by atoms with Crippen molar-refractivity contribution < 1.29 is 14.3 Å². The number of likely N-dealkylation sites (N-methyl/N-ethyl adjacent to an activating group) is 1. The molecule has 3 aromatic rings. The topological polar surface area (TPSA) is 71.2 Å². The number of halogens is 1. The summed E-state index contributed by atoms with van der Waals surface area (Å²) in [5.74, 6) is -0.0461. The number of nitrogens with zero attached hydrogens (tertiary/aromatic N) is 4. The van der Waals surface area contributed by atoms with E-state index in [1.165, 1.54) is 12.1 Å². The molecule has 27 heavy (non-hydrogen) atoms. The van der Waals surface area contributed by atoms with Crippen LogP contribution in [0.3, 0.4) is 0 Å². The second-order valence-electron chi connectivity index (χ2n) is 6.41. The fraction of sp³-hybridized carbons (Fsp3) is 0.250. The van der Waals surface area contributed by atoms with Crippen LogP contribution in [0.15, 0.2) is 48.5 Å². The molecule has 0 aliphatic carbocycles. The number of hydrogen-bond acceptors (Lipinski definition) is 5. The molecule has 0 unspecified atom stereocenters. The van der Waals surface area contributed by atoms with Gasteiger partial charge < -0.3 is 10.0 Å². The van der Waals surface area contributed by atoms with Gasteiger partial charge in [-0.25, -0.2) is 4.39 Å². The van der Waals surface area contributed by atoms with Gasteiger partial charge in [-0.2, -0.15) is 0 Å². The second kappa shape index (κ2) is 8.20. The Morgan fingerprint density at radius 3 is 2.33 bits per heavy atom. The highest BCUT2D eigenvalue weighted by Crippen LogP contribution is 2.23. The van der Waals surface area contributed by atoms with Gasteiger partial charge in [-0.3, -0.25) is 9.36 Å². The zero-order valence-corrected chi connectivity index (χ0v) is 15.3. The van der Waals surface area contributed by atoms with Crippen molar-refractivity contribution in [2.45, 2.75) is 13.0 Å². The van der Waals surface area contributed by atoms with E-state index in [0.717, 1.165) is 6.54 Å². The Morgan fingerprint density at radius 2 is 1.67 bits per heavy atom. The van der Waals surface area contributed by atoms with Crippen LogP contribution >= 0.6 is 0 Å². The zero-order chi connectivity index (χ0) is 19.4. The first-order valence-corrected chi connectivity index (χ1v) is 8.60. The van der Waals surface area contributed by atoms with E-state index in [-0.39, 0.29) is 12.2 Å². The first-order valence-electron chi connectivity index (χ1n) is 8.60. The summed E-state index contributed by atoms with van der Waals surface area (Å²) in [6.45, 7) is 0.407. The molecule has 7 heteroatoms. The monoisotopic (exact) mass is 368 g/mol. The van der Waals surface area contributed by atoms with Crippen LogP contribution in [0.2, 0.25) is 0 Å². The van der Waals surface area contributed by atoms with Gasteiger partial charge in [0.25, 0.3) is 0 Å². The Labute approximate surface area is 156 Å². The molecule has 1 aromatic heterocycles. The van der Waals surface area contributed by atoms with Crippen LogP contribution in [-0.4, -0.2) is 51.2 Å². The standard InChI is InChI=1S/C20H21FN4O2/c1-24(2)12-11-18-22-23-19(13-26)25(18)17-10-6-4-8-15(17)20(27)14-7-3-5-9-16(14)21/h3-10,26H,11-13H2,1-2H3. The highest BCUT2D eigenvalue weighted by Gasteiger charge is 2.21. The number of para-hydroxylation sites is 1. The third-order valence-corrected chi connectivity index (χ3v) is 4.23. The first-order chi connectivity index (χ1) is 13.0. The molecular weight excluding hydrogens is 347 g/mol. The molecule has 3 rings (SSSR count). The second-order valence-corrected chi connectivity index (χ2v) is 6.41. The van der Waals surface area contributed by atoms with Gasteiger partial charge >= 0.3 is 0 Å². The predicted octanol–water partition coefficient (Wildman–Crippen LogP) is 2.23. The lowest BCUT2D eigenvalue weighted by molar-refractivity contribution is 0.103. The SMILES string of the molecule is CN(C)CCc1nnc(CO)n1-c1ccccc1C(=O)c1ccccc1F. The Hall–Kier alpha value is -2.90. The molecule has 0 aliphatic heterocycles. The average molecular weight is 368 g/mol. The number of benzene rings is 2.